The first kappa shape index (κ1) is 16.1. The van der Waals surface area contributed by atoms with Crippen molar-refractivity contribution in [1.82, 2.24) is 14.9 Å². The number of hydrogen-bond acceptors (Lipinski definition) is 5. The average Bonchev–Trinajstić information content (AvgIpc) is 3.12. The summed E-state index contributed by atoms with van der Waals surface area (Å²) in [6.07, 6.45) is 3.51. The largest absolute Gasteiger partial charge is 0.383 e. The normalized spacial score (nSPS) is 24.2. The molecule has 23 heavy (non-hydrogen) atoms. The molecular formula is C16H23FN4O2. The van der Waals surface area contributed by atoms with Crippen LogP contribution < -0.4 is 4.90 Å². The van der Waals surface area contributed by atoms with Crippen LogP contribution in [0.1, 0.15) is 25.5 Å². The number of carbonyl (C=O) groups excluding carboxylic acids is 1. The number of hydrogen-bond donors (Lipinski definition) is 0. The van der Waals surface area contributed by atoms with Gasteiger partial charge in [0.1, 0.15) is 6.33 Å². The minimum Gasteiger partial charge on any atom is -0.383 e. The van der Waals surface area contributed by atoms with Gasteiger partial charge in [0.15, 0.2) is 11.6 Å². The van der Waals surface area contributed by atoms with Crippen molar-refractivity contribution in [1.29, 1.82) is 0 Å². The van der Waals surface area contributed by atoms with Crippen molar-refractivity contribution in [2.24, 2.45) is 5.41 Å². The Bertz CT molecular complexity index is 597. The highest BCUT2D eigenvalue weighted by atomic mass is 19.1. The maximum absolute atomic E-state index is 14.5. The van der Waals surface area contributed by atoms with Crippen LogP contribution in [0.15, 0.2) is 6.33 Å². The van der Waals surface area contributed by atoms with Crippen LogP contribution in [0.3, 0.4) is 0 Å². The highest BCUT2D eigenvalue weighted by Crippen LogP contribution is 2.42. The van der Waals surface area contributed by atoms with E-state index in [1.807, 2.05) is 16.7 Å². The van der Waals surface area contributed by atoms with E-state index in [9.17, 15) is 9.18 Å². The number of methoxy groups -OCH3 is 1. The molecule has 2 aliphatic rings. The van der Waals surface area contributed by atoms with E-state index in [1.165, 1.54) is 6.33 Å². The second-order valence-electron chi connectivity index (χ2n) is 6.30. The van der Waals surface area contributed by atoms with Gasteiger partial charge in [0, 0.05) is 33.3 Å². The fourth-order valence-corrected chi connectivity index (χ4v) is 3.60. The zero-order valence-electron chi connectivity index (χ0n) is 13.7. The molecule has 2 aliphatic heterocycles. The molecule has 0 bridgehead atoms. The first-order valence-electron chi connectivity index (χ1n) is 8.14. The van der Waals surface area contributed by atoms with E-state index in [-0.39, 0.29) is 11.7 Å². The summed E-state index contributed by atoms with van der Waals surface area (Å²) in [5.74, 6) is 0.146. The Morgan fingerprint density at radius 3 is 2.87 bits per heavy atom. The summed E-state index contributed by atoms with van der Waals surface area (Å²) in [7, 11) is 1.64. The third-order valence-electron chi connectivity index (χ3n) is 5.00. The standard InChI is InChI=1S/C16H23FN4O2/c1-3-12-13(17)14(19-11-18-12)21-7-5-16(10-21)4-6-20(15(16)22)8-9-23-2/h11H,3-10H2,1-2H3. The molecule has 1 aromatic heterocycles. The van der Waals surface area contributed by atoms with Crippen molar-refractivity contribution in [2.45, 2.75) is 26.2 Å². The molecule has 1 unspecified atom stereocenters. The number of rotatable bonds is 5. The number of aromatic nitrogens is 2. The number of likely N-dealkylation sites (tertiary alicyclic amines) is 1. The van der Waals surface area contributed by atoms with Crippen LogP contribution in [0, 0.1) is 11.2 Å². The summed E-state index contributed by atoms with van der Waals surface area (Å²) in [5.41, 5.74) is 0.0350. The fraction of sp³-hybridized carbons (Fsp3) is 0.688. The van der Waals surface area contributed by atoms with Crippen LogP contribution in [-0.4, -0.2) is 60.7 Å². The molecule has 0 aliphatic carbocycles. The number of amides is 1. The van der Waals surface area contributed by atoms with E-state index in [2.05, 4.69) is 9.97 Å². The van der Waals surface area contributed by atoms with Gasteiger partial charge < -0.3 is 14.5 Å². The monoisotopic (exact) mass is 322 g/mol. The van der Waals surface area contributed by atoms with E-state index in [0.717, 1.165) is 19.4 Å². The molecule has 1 atom stereocenters. The molecule has 7 heteroatoms. The van der Waals surface area contributed by atoms with E-state index in [0.29, 0.717) is 44.2 Å². The number of carbonyl (C=O) groups is 1. The van der Waals surface area contributed by atoms with Crippen LogP contribution in [0.4, 0.5) is 10.2 Å². The Morgan fingerprint density at radius 1 is 1.35 bits per heavy atom. The minimum absolute atomic E-state index is 0.169. The molecule has 126 valence electrons. The van der Waals surface area contributed by atoms with Gasteiger partial charge in [-0.25, -0.2) is 14.4 Å². The number of ether oxygens (including phenoxy) is 1. The van der Waals surface area contributed by atoms with Crippen LogP contribution in [0.25, 0.3) is 0 Å². The second kappa shape index (κ2) is 6.39. The lowest BCUT2D eigenvalue weighted by molar-refractivity contribution is -0.135. The molecule has 6 nitrogen and oxygen atoms in total. The van der Waals surface area contributed by atoms with Crippen molar-refractivity contribution in [2.75, 3.05) is 44.8 Å². The van der Waals surface area contributed by atoms with Crippen molar-refractivity contribution in [3.05, 3.63) is 17.8 Å². The summed E-state index contributed by atoms with van der Waals surface area (Å²) < 4.78 is 19.5. The molecule has 0 radical (unpaired) electrons. The van der Waals surface area contributed by atoms with E-state index in [1.54, 1.807) is 7.11 Å². The number of nitrogens with zero attached hydrogens (tertiary/aromatic N) is 4. The zero-order valence-corrected chi connectivity index (χ0v) is 13.7. The molecule has 1 spiro atoms. The van der Waals surface area contributed by atoms with E-state index in [4.69, 9.17) is 4.74 Å². The molecule has 2 fully saturated rings. The smallest absolute Gasteiger partial charge is 0.230 e. The van der Waals surface area contributed by atoms with E-state index >= 15 is 0 Å². The fourth-order valence-electron chi connectivity index (χ4n) is 3.60. The molecule has 1 aromatic rings. The lowest BCUT2D eigenvalue weighted by Gasteiger charge is -2.24. The third-order valence-corrected chi connectivity index (χ3v) is 5.00. The predicted molar refractivity (Wildman–Crippen MR) is 83.7 cm³/mol. The van der Waals surface area contributed by atoms with Crippen LogP contribution in [0.2, 0.25) is 0 Å². The Kier molecular flexibility index (Phi) is 4.48. The van der Waals surface area contributed by atoms with Crippen molar-refractivity contribution >= 4 is 11.7 Å². The lowest BCUT2D eigenvalue weighted by atomic mass is 9.85. The summed E-state index contributed by atoms with van der Waals surface area (Å²) in [5, 5.41) is 0. The molecule has 3 rings (SSSR count). The zero-order chi connectivity index (χ0) is 16.4. The Morgan fingerprint density at radius 2 is 2.13 bits per heavy atom. The highest BCUT2D eigenvalue weighted by Gasteiger charge is 2.51. The average molecular weight is 322 g/mol. The van der Waals surface area contributed by atoms with Crippen molar-refractivity contribution in [3.8, 4) is 0 Å². The van der Waals surface area contributed by atoms with Gasteiger partial charge in [-0.1, -0.05) is 6.92 Å². The van der Waals surface area contributed by atoms with Crippen molar-refractivity contribution < 1.29 is 13.9 Å². The third kappa shape index (κ3) is 2.78. The van der Waals surface area contributed by atoms with Gasteiger partial charge in [0.25, 0.3) is 0 Å². The molecule has 2 saturated heterocycles. The SMILES string of the molecule is CCc1ncnc(N2CCC3(CCN(CCOC)C3=O)C2)c1F. The second-order valence-corrected chi connectivity index (χ2v) is 6.30. The van der Waals surface area contributed by atoms with Gasteiger partial charge in [-0.05, 0) is 19.3 Å². The van der Waals surface area contributed by atoms with Gasteiger partial charge >= 0.3 is 0 Å². The molecule has 0 aromatic carbocycles. The highest BCUT2D eigenvalue weighted by molar-refractivity contribution is 5.86. The topological polar surface area (TPSA) is 58.6 Å². The van der Waals surface area contributed by atoms with Gasteiger partial charge in [0.05, 0.1) is 17.7 Å². The Balaban J connectivity index is 1.75. The van der Waals surface area contributed by atoms with Gasteiger partial charge in [-0.3, -0.25) is 4.79 Å². The van der Waals surface area contributed by atoms with Gasteiger partial charge in [-0.15, -0.1) is 0 Å². The predicted octanol–water partition coefficient (Wildman–Crippen LogP) is 1.25. The van der Waals surface area contributed by atoms with Gasteiger partial charge in [0.2, 0.25) is 5.91 Å². The number of anilines is 1. The number of aryl methyl sites for hydroxylation is 1. The molecule has 3 heterocycles. The molecule has 0 N–H and O–H groups in total. The van der Waals surface area contributed by atoms with Crippen LogP contribution in [-0.2, 0) is 16.0 Å². The van der Waals surface area contributed by atoms with Gasteiger partial charge in [-0.2, -0.15) is 0 Å². The summed E-state index contributed by atoms with van der Waals surface area (Å²) >= 11 is 0. The summed E-state index contributed by atoms with van der Waals surface area (Å²) in [6, 6.07) is 0. The quantitative estimate of drug-likeness (QED) is 0.817. The van der Waals surface area contributed by atoms with Crippen LogP contribution in [0.5, 0.6) is 0 Å². The summed E-state index contributed by atoms with van der Waals surface area (Å²) in [6.45, 7) is 4.98. The molecule has 0 saturated carbocycles. The van der Waals surface area contributed by atoms with Crippen LogP contribution >= 0.6 is 0 Å². The first-order valence-corrected chi connectivity index (χ1v) is 8.14. The Hall–Kier alpha value is -1.76. The maximum atomic E-state index is 14.5. The van der Waals surface area contributed by atoms with Crippen molar-refractivity contribution in [3.63, 3.8) is 0 Å². The maximum Gasteiger partial charge on any atom is 0.230 e. The molecule has 1 amide bonds. The summed E-state index contributed by atoms with van der Waals surface area (Å²) in [4.78, 5) is 24.6. The molecular weight excluding hydrogens is 299 g/mol. The lowest BCUT2D eigenvalue weighted by Crippen LogP contribution is -2.38. The number of halogens is 1. The van der Waals surface area contributed by atoms with E-state index < -0.39 is 5.41 Å². The first-order chi connectivity index (χ1) is 11.1. The Labute approximate surface area is 135 Å². The minimum atomic E-state index is -0.391.